The van der Waals surface area contributed by atoms with E-state index in [1.807, 2.05) is 43.3 Å². The van der Waals surface area contributed by atoms with Crippen LogP contribution in [0.5, 0.6) is 11.5 Å². The number of aryl methyl sites for hydroxylation is 2. The van der Waals surface area contributed by atoms with Crippen LogP contribution in [0.3, 0.4) is 0 Å². The molecule has 194 valence electrons. The van der Waals surface area contributed by atoms with Gasteiger partial charge in [-0.1, -0.05) is 26.7 Å². The van der Waals surface area contributed by atoms with Gasteiger partial charge in [0, 0.05) is 96.6 Å². The van der Waals surface area contributed by atoms with Gasteiger partial charge < -0.3 is 30.4 Å². The molecular weight excluding hydrogens is 606 g/mol. The van der Waals surface area contributed by atoms with Crippen LogP contribution in [-0.2, 0) is 83.0 Å². The Morgan fingerprint density at radius 1 is 0.972 bits per heavy atom. The summed E-state index contributed by atoms with van der Waals surface area (Å²) in [6, 6.07) is 17.8. The zero-order chi connectivity index (χ0) is 24.2. The number of ether oxygens (including phenoxy) is 3. The Kier molecular flexibility index (Phi) is 18.2. The number of benzene rings is 2. The van der Waals surface area contributed by atoms with Crippen LogP contribution in [0, 0.1) is 12.1 Å². The van der Waals surface area contributed by atoms with Gasteiger partial charge in [-0.05, 0) is 25.7 Å². The number of aliphatic hydroxyl groups is 1. The fourth-order valence-electron chi connectivity index (χ4n) is 3.80. The molecule has 4 unspecified atom stereocenters. The van der Waals surface area contributed by atoms with Gasteiger partial charge in [-0.2, -0.15) is 36.4 Å². The van der Waals surface area contributed by atoms with Crippen LogP contribution in [0.25, 0.3) is 0 Å². The topological polar surface area (TPSA) is 89.3 Å². The maximum absolute atomic E-state index is 9.44. The fraction of sp³-hybridized carbons (Fsp3) is 0.571. The minimum absolute atomic E-state index is 0. The van der Waals surface area contributed by atoms with Gasteiger partial charge in [-0.3, -0.25) is 0 Å². The summed E-state index contributed by atoms with van der Waals surface area (Å²) in [5.74, 6) is 1.97. The normalized spacial score (nSPS) is 21.5. The van der Waals surface area contributed by atoms with E-state index in [0.717, 1.165) is 56.8 Å². The molecule has 0 aliphatic carbocycles. The Labute approximate surface area is 267 Å². The molecule has 3 aliphatic rings. The molecule has 0 bridgehead atoms. The van der Waals surface area contributed by atoms with Crippen molar-refractivity contribution < 1.29 is 84.7 Å². The minimum Gasteiger partial charge on any atom is -0.514 e. The maximum atomic E-state index is 9.44. The molecule has 2 aromatic rings. The third-order valence-electron chi connectivity index (χ3n) is 6.21. The van der Waals surface area contributed by atoms with Crippen molar-refractivity contribution in [1.82, 2.24) is 5.32 Å². The minimum atomic E-state index is -0.250. The number of nitrogens with two attached hydrogens (primary N) is 1. The van der Waals surface area contributed by atoms with Gasteiger partial charge in [0.2, 0.25) is 0 Å². The summed E-state index contributed by atoms with van der Waals surface area (Å²) in [5, 5.41) is 12.7. The van der Waals surface area contributed by atoms with Crippen LogP contribution < -0.4 is 20.5 Å². The summed E-state index contributed by atoms with van der Waals surface area (Å²) in [6.07, 6.45) is 6.96. The van der Waals surface area contributed by atoms with Crippen LogP contribution in [0.2, 0.25) is 0 Å². The van der Waals surface area contributed by atoms with E-state index in [0.29, 0.717) is 19.2 Å². The number of rotatable bonds is 7. The van der Waals surface area contributed by atoms with Gasteiger partial charge in [0.05, 0.1) is 18.8 Å². The van der Waals surface area contributed by atoms with Crippen molar-refractivity contribution in [3.8, 4) is 11.5 Å². The van der Waals surface area contributed by atoms with Crippen molar-refractivity contribution in [3.63, 3.8) is 0 Å². The van der Waals surface area contributed by atoms with Gasteiger partial charge in [0.25, 0.3) is 0 Å². The molecule has 6 nitrogen and oxygen atoms in total. The first-order valence-corrected chi connectivity index (χ1v) is 12.6. The molecule has 3 aliphatic heterocycles. The summed E-state index contributed by atoms with van der Waals surface area (Å²) in [5.41, 5.74) is 8.03. The Morgan fingerprint density at radius 3 is 2.00 bits per heavy atom. The van der Waals surface area contributed by atoms with Gasteiger partial charge in [-0.15, -0.1) is 23.3 Å². The monoisotopic (exact) mass is 646 g/mol. The average molecular weight is 646 g/mol. The van der Waals surface area contributed by atoms with Crippen LogP contribution in [0.1, 0.15) is 50.7 Å². The molecular formula is C28H40N2O4Y2-2. The second kappa shape index (κ2) is 19.2. The first-order chi connectivity index (χ1) is 16.6. The predicted octanol–water partition coefficient (Wildman–Crippen LogP) is 3.47. The van der Waals surface area contributed by atoms with Crippen LogP contribution >= 0.6 is 0 Å². The van der Waals surface area contributed by atoms with Crippen molar-refractivity contribution in [2.45, 2.75) is 76.8 Å². The summed E-state index contributed by atoms with van der Waals surface area (Å²) in [7, 11) is 0. The fourth-order valence-corrected chi connectivity index (χ4v) is 3.80. The smallest absolute Gasteiger partial charge is 0.107 e. The van der Waals surface area contributed by atoms with Crippen LogP contribution in [0.15, 0.2) is 36.4 Å². The molecule has 0 amide bonds. The van der Waals surface area contributed by atoms with Gasteiger partial charge >= 0.3 is 0 Å². The summed E-state index contributed by atoms with van der Waals surface area (Å²) < 4.78 is 16.4. The van der Waals surface area contributed by atoms with Crippen molar-refractivity contribution in [2.75, 3.05) is 26.2 Å². The van der Waals surface area contributed by atoms with Gasteiger partial charge in [0.1, 0.15) is 12.2 Å². The zero-order valence-corrected chi connectivity index (χ0v) is 27.4. The molecule has 0 spiro atoms. The quantitative estimate of drug-likeness (QED) is 0.316. The SMILES string of the molecule is CCC(O)CNCC1CCc2c[c-]ccc2O1.CCC1CO1.NCC1CCc2c[c-]ccc2O1.[Y].[Y]. The number of fused-ring (bicyclic) bond motifs is 2. The van der Waals surface area contributed by atoms with Crippen LogP contribution in [-0.4, -0.2) is 55.8 Å². The Hall–Kier alpha value is 0.0878. The average Bonchev–Trinajstić information content (AvgIpc) is 3.74. The summed E-state index contributed by atoms with van der Waals surface area (Å²) in [4.78, 5) is 0. The van der Waals surface area contributed by atoms with Crippen LogP contribution in [0.4, 0.5) is 0 Å². The van der Waals surface area contributed by atoms with E-state index in [1.54, 1.807) is 0 Å². The molecule has 0 saturated carbocycles. The number of epoxide rings is 1. The molecule has 4 N–H and O–H groups in total. The van der Waals surface area contributed by atoms with Crippen molar-refractivity contribution >= 4 is 0 Å². The summed E-state index contributed by atoms with van der Waals surface area (Å²) in [6.45, 7) is 7.18. The predicted molar refractivity (Wildman–Crippen MR) is 134 cm³/mol. The molecule has 0 aromatic heterocycles. The van der Waals surface area contributed by atoms with E-state index in [4.69, 9.17) is 19.9 Å². The Bertz CT molecular complexity index is 854. The van der Waals surface area contributed by atoms with E-state index in [1.165, 1.54) is 17.5 Å². The molecule has 2 radical (unpaired) electrons. The first-order valence-electron chi connectivity index (χ1n) is 12.6. The molecule has 3 heterocycles. The van der Waals surface area contributed by atoms with E-state index < -0.39 is 0 Å². The van der Waals surface area contributed by atoms with E-state index in [2.05, 4.69) is 24.4 Å². The molecule has 36 heavy (non-hydrogen) atoms. The second-order valence-corrected chi connectivity index (χ2v) is 8.94. The largest absolute Gasteiger partial charge is 0.514 e. The van der Waals surface area contributed by atoms with E-state index in [9.17, 15) is 5.11 Å². The van der Waals surface area contributed by atoms with Gasteiger partial charge in [0.15, 0.2) is 0 Å². The van der Waals surface area contributed by atoms with Crippen molar-refractivity contribution in [2.24, 2.45) is 5.73 Å². The first kappa shape index (κ1) is 34.1. The Morgan fingerprint density at radius 2 is 1.53 bits per heavy atom. The maximum Gasteiger partial charge on any atom is 0.107 e. The number of aliphatic hydroxyl groups excluding tert-OH is 1. The second-order valence-electron chi connectivity index (χ2n) is 8.94. The van der Waals surface area contributed by atoms with E-state index in [-0.39, 0.29) is 83.7 Å². The molecule has 2 aromatic carbocycles. The third kappa shape index (κ3) is 12.3. The molecule has 5 rings (SSSR count). The number of hydrogen-bond acceptors (Lipinski definition) is 6. The zero-order valence-electron chi connectivity index (χ0n) is 21.7. The van der Waals surface area contributed by atoms with E-state index >= 15 is 0 Å². The summed E-state index contributed by atoms with van der Waals surface area (Å²) >= 11 is 0. The molecule has 4 atom stereocenters. The van der Waals surface area contributed by atoms with Gasteiger partial charge in [-0.25, -0.2) is 0 Å². The molecule has 1 fully saturated rings. The molecule has 1 saturated heterocycles. The number of nitrogens with one attached hydrogen (secondary N) is 1. The molecule has 8 heteroatoms. The van der Waals surface area contributed by atoms with Crippen molar-refractivity contribution in [3.05, 3.63) is 59.7 Å². The standard InChI is InChI=1S/C14H20NO2.C10H12NO.C4H8O.2Y/c1-2-12(16)9-15-10-13-8-7-11-5-3-4-6-14(11)17-13;11-7-9-6-5-8-3-1-2-4-10(8)12-9;1-2-4-3-5-4;;/h4-6,12-13,15-16H,2,7-10H2,1H3;2-4,9H,5-7,11H2;4H,2-3H2,1H3;;/q2*-1;;;. The van der Waals surface area contributed by atoms with Crippen molar-refractivity contribution in [1.29, 1.82) is 0 Å². The Balaban J connectivity index is 0.000000297. The number of hydrogen-bond donors (Lipinski definition) is 3. The third-order valence-corrected chi connectivity index (χ3v) is 6.21.